The molecule has 0 aliphatic heterocycles. The van der Waals surface area contributed by atoms with E-state index in [0.29, 0.717) is 0 Å². The zero-order valence-electron chi connectivity index (χ0n) is 74.4. The third-order valence-electron chi connectivity index (χ3n) is 29.2. The molecule has 0 atom stereocenters. The molecule has 130 heavy (non-hydrogen) atoms. The molecule has 4 nitrogen and oxygen atoms in total. The maximum atomic E-state index is 2.45. The van der Waals surface area contributed by atoms with Gasteiger partial charge in [-0.1, -0.05) is 359 Å². The van der Waals surface area contributed by atoms with Crippen molar-refractivity contribution in [3.8, 4) is 112 Å². The quantitative estimate of drug-likeness (QED) is 0.114. The Morgan fingerprint density at radius 2 is 0.362 bits per heavy atom. The highest BCUT2D eigenvalue weighted by Crippen LogP contribution is 2.57. The molecule has 21 aromatic rings. The Morgan fingerprint density at radius 3 is 0.646 bits per heavy atom. The third-order valence-corrected chi connectivity index (χ3v) is 29.2. The van der Waals surface area contributed by atoms with Gasteiger partial charge in [-0.15, -0.1) is 0 Å². The van der Waals surface area contributed by atoms with Crippen molar-refractivity contribution in [2.45, 2.75) is 77.0 Å². The zero-order chi connectivity index (χ0) is 87.5. The van der Waals surface area contributed by atoms with Crippen LogP contribution in [0.2, 0.25) is 0 Å². The van der Waals surface area contributed by atoms with E-state index in [4.69, 9.17) is 0 Å². The van der Waals surface area contributed by atoms with E-state index >= 15 is 0 Å². The second kappa shape index (κ2) is 30.0. The van der Waals surface area contributed by atoms with Crippen molar-refractivity contribution in [3.05, 3.63) is 481 Å². The molecule has 2 heterocycles. The average molecular weight is 1670 g/mol. The first-order valence-corrected chi connectivity index (χ1v) is 45.8. The summed E-state index contributed by atoms with van der Waals surface area (Å²) in [6, 6.07) is 162. The van der Waals surface area contributed by atoms with Crippen molar-refractivity contribution < 1.29 is 0 Å². The SMILES string of the molecule is CC1(C)c2ccccc2-c2ccc(N(c3ccc(-c4ccc(-c5ccc(-c6ccc7c(c6)c6ccccc6n7-c6ccccc6)cc5)cc4)cc3)c3ccc4c(c3)C(C)(C)c3ccccc3-4)cc21.CC1(C)c2ccccc2-c2ccc(N(c3ccc(-c4ccc(-c5ccc6c(c5)c5ccccc5n6-c5ccccc5)cc4)cc3)c3ccc4c(c3)C(C)(C)c3ccccc3-4)cc21. The van der Waals surface area contributed by atoms with Crippen molar-refractivity contribution >= 4 is 77.7 Å². The number of rotatable bonds is 13. The fourth-order valence-electron chi connectivity index (χ4n) is 22.4. The Hall–Kier alpha value is -15.6. The number of para-hydroxylation sites is 4. The van der Waals surface area contributed by atoms with Gasteiger partial charge in [0.1, 0.15) is 0 Å². The van der Waals surface area contributed by atoms with E-state index in [9.17, 15) is 0 Å². The Bertz CT molecular complexity index is 7880. The summed E-state index contributed by atoms with van der Waals surface area (Å²) in [7, 11) is 0. The molecule has 0 amide bonds. The van der Waals surface area contributed by atoms with Gasteiger partial charge in [0.2, 0.25) is 0 Å². The van der Waals surface area contributed by atoms with Crippen molar-refractivity contribution in [1.29, 1.82) is 0 Å². The molecule has 0 saturated heterocycles. The smallest absolute Gasteiger partial charge is 0.0541 e. The minimum atomic E-state index is -0.103. The van der Waals surface area contributed by atoms with Gasteiger partial charge in [0, 0.05) is 88.7 Å². The Balaban J connectivity index is 0.000000145. The molecule has 0 radical (unpaired) electrons. The summed E-state index contributed by atoms with van der Waals surface area (Å²) in [6.07, 6.45) is 0. The number of anilines is 6. The molecule has 0 unspecified atom stereocenters. The molecule has 0 fully saturated rings. The van der Waals surface area contributed by atoms with Crippen LogP contribution in [0.5, 0.6) is 0 Å². The molecule has 4 heteroatoms. The highest BCUT2D eigenvalue weighted by Gasteiger charge is 2.41. The molecular formula is C126H96N4. The molecule has 620 valence electrons. The molecule has 0 spiro atoms. The second-order valence-electron chi connectivity index (χ2n) is 37.9. The molecule has 0 saturated carbocycles. The lowest BCUT2D eigenvalue weighted by Crippen LogP contribution is -2.18. The lowest BCUT2D eigenvalue weighted by atomic mass is 9.82. The van der Waals surface area contributed by atoms with E-state index in [-0.39, 0.29) is 21.7 Å². The second-order valence-corrected chi connectivity index (χ2v) is 37.9. The largest absolute Gasteiger partial charge is 0.310 e. The van der Waals surface area contributed by atoms with Crippen LogP contribution < -0.4 is 9.80 Å². The lowest BCUT2D eigenvalue weighted by molar-refractivity contribution is 0.659. The summed E-state index contributed by atoms with van der Waals surface area (Å²) in [5.41, 5.74) is 47.5. The first-order valence-electron chi connectivity index (χ1n) is 45.8. The first kappa shape index (κ1) is 77.9. The molecule has 0 bridgehead atoms. The Kier molecular flexibility index (Phi) is 18.0. The predicted octanol–water partition coefficient (Wildman–Crippen LogP) is 34.1. The van der Waals surface area contributed by atoms with E-state index in [1.807, 2.05) is 0 Å². The molecule has 25 rings (SSSR count). The van der Waals surface area contributed by atoms with Gasteiger partial charge in [0.25, 0.3) is 0 Å². The van der Waals surface area contributed by atoms with Crippen molar-refractivity contribution in [2.75, 3.05) is 9.80 Å². The van der Waals surface area contributed by atoms with Crippen LogP contribution in [0.15, 0.2) is 437 Å². The summed E-state index contributed by atoms with van der Waals surface area (Å²) in [6.45, 7) is 18.9. The number of benzene rings is 19. The maximum Gasteiger partial charge on any atom is 0.0541 e. The first-order chi connectivity index (χ1) is 63.5. The van der Waals surface area contributed by atoms with Crippen LogP contribution in [0.1, 0.15) is 99.9 Å². The molecule has 0 N–H and O–H groups in total. The highest BCUT2D eigenvalue weighted by atomic mass is 15.1. The normalized spacial score (nSPS) is 13.9. The van der Waals surface area contributed by atoms with E-state index < -0.39 is 0 Å². The summed E-state index contributed by atoms with van der Waals surface area (Å²) in [5, 5.41) is 5.06. The van der Waals surface area contributed by atoms with Gasteiger partial charge in [-0.2, -0.15) is 0 Å². The number of fused-ring (bicyclic) bond motifs is 18. The molecule has 2 aromatic heterocycles. The number of aromatic nitrogens is 2. The number of hydrogen-bond donors (Lipinski definition) is 0. The monoisotopic (exact) mass is 1660 g/mol. The van der Waals surface area contributed by atoms with Crippen LogP contribution >= 0.6 is 0 Å². The average Bonchev–Trinajstić information content (AvgIpc) is 1.57. The highest BCUT2D eigenvalue weighted by molar-refractivity contribution is 6.12. The van der Waals surface area contributed by atoms with Crippen molar-refractivity contribution in [1.82, 2.24) is 9.13 Å². The van der Waals surface area contributed by atoms with Crippen LogP contribution in [0, 0.1) is 0 Å². The van der Waals surface area contributed by atoms with Gasteiger partial charge >= 0.3 is 0 Å². The Labute approximate surface area is 761 Å². The van der Waals surface area contributed by atoms with Crippen molar-refractivity contribution in [3.63, 3.8) is 0 Å². The van der Waals surface area contributed by atoms with Gasteiger partial charge in [0.05, 0.1) is 22.1 Å². The van der Waals surface area contributed by atoms with Gasteiger partial charge in [-0.05, 0) is 278 Å². The van der Waals surface area contributed by atoms with E-state index in [1.54, 1.807) is 0 Å². The van der Waals surface area contributed by atoms with Crippen LogP contribution in [0.25, 0.3) is 155 Å². The fourth-order valence-corrected chi connectivity index (χ4v) is 22.4. The summed E-state index contributed by atoms with van der Waals surface area (Å²) in [4.78, 5) is 4.91. The van der Waals surface area contributed by atoms with Crippen LogP contribution in [-0.4, -0.2) is 9.13 Å². The molecular weight excluding hydrogens is 1570 g/mol. The minimum Gasteiger partial charge on any atom is -0.310 e. The Morgan fingerprint density at radius 1 is 0.154 bits per heavy atom. The van der Waals surface area contributed by atoms with E-state index in [2.05, 4.69) is 511 Å². The van der Waals surface area contributed by atoms with Crippen molar-refractivity contribution in [2.24, 2.45) is 0 Å². The topological polar surface area (TPSA) is 16.3 Å². The maximum absolute atomic E-state index is 2.45. The van der Waals surface area contributed by atoms with Crippen LogP contribution in [0.3, 0.4) is 0 Å². The standard InChI is InChI=1S/C66H50N2.C60H46N2/c1-65(2)59-19-11-8-16-53(59)55-37-35-51(41-61(55)65)67(52-36-38-56-54-17-9-12-20-60(54)66(3,4)62(56)42-52)50-33-30-46(31-34-50)45-24-22-43(23-25-45)44-26-28-47(29-27-44)48-32-39-64-58(40-48)57-18-10-13-21-63(57)68(64)49-14-6-5-7-15-49;1-59(2)53-19-11-8-16-47(53)49-33-31-45(37-55(49)59)61(46-32-34-50-48-17-9-12-20-54(48)60(3,4)56(50)38-46)44-29-26-40(27-30-44)39-22-24-41(25-23-39)42-28-35-58-52(36-42)51-18-10-13-21-57(51)62(58)43-14-6-5-7-15-43/h5-42H,1-4H3;5-38H,1-4H3. The third kappa shape index (κ3) is 12.5. The summed E-state index contributed by atoms with van der Waals surface area (Å²) in [5.74, 6) is 0. The molecule has 4 aliphatic rings. The van der Waals surface area contributed by atoms with Gasteiger partial charge in [0.15, 0.2) is 0 Å². The number of hydrogen-bond acceptors (Lipinski definition) is 2. The number of nitrogens with zero attached hydrogens (tertiary/aromatic N) is 4. The van der Waals surface area contributed by atoms with Crippen LogP contribution in [-0.2, 0) is 21.7 Å². The van der Waals surface area contributed by atoms with Crippen LogP contribution in [0.4, 0.5) is 34.1 Å². The summed E-state index contributed by atoms with van der Waals surface area (Å²) < 4.78 is 4.74. The van der Waals surface area contributed by atoms with E-state index in [1.165, 1.54) is 211 Å². The predicted molar refractivity (Wildman–Crippen MR) is 548 cm³/mol. The van der Waals surface area contributed by atoms with Gasteiger partial charge < -0.3 is 18.9 Å². The minimum absolute atomic E-state index is 0.0992. The molecule has 4 aliphatic carbocycles. The zero-order valence-corrected chi connectivity index (χ0v) is 74.4. The van der Waals surface area contributed by atoms with Gasteiger partial charge in [-0.25, -0.2) is 0 Å². The van der Waals surface area contributed by atoms with E-state index in [0.717, 1.165) is 22.7 Å². The lowest BCUT2D eigenvalue weighted by Gasteiger charge is -2.30. The summed E-state index contributed by atoms with van der Waals surface area (Å²) >= 11 is 0. The van der Waals surface area contributed by atoms with Gasteiger partial charge in [-0.3, -0.25) is 0 Å². The molecule has 19 aromatic carbocycles. The fraction of sp³-hybridized carbons (Fsp3) is 0.0952.